The number of fused-ring (bicyclic) bond motifs is 1. The number of nitrogens with two attached hydrogens (primary N) is 1. The maximum Gasteiger partial charge on any atom is 0.272 e. The summed E-state index contributed by atoms with van der Waals surface area (Å²) >= 11 is 0. The van der Waals surface area contributed by atoms with Gasteiger partial charge in [0.1, 0.15) is 16.7 Å². The van der Waals surface area contributed by atoms with Gasteiger partial charge in [-0.1, -0.05) is 43.3 Å². The highest BCUT2D eigenvalue weighted by Gasteiger charge is 2.33. The van der Waals surface area contributed by atoms with Gasteiger partial charge >= 0.3 is 0 Å². The third-order valence-electron chi connectivity index (χ3n) is 5.63. The van der Waals surface area contributed by atoms with Gasteiger partial charge < -0.3 is 10.7 Å². The molecule has 0 aliphatic rings. The summed E-state index contributed by atoms with van der Waals surface area (Å²) in [5.41, 5.74) is 5.70. The summed E-state index contributed by atoms with van der Waals surface area (Å²) in [6, 6.07) is 13.1. The van der Waals surface area contributed by atoms with Gasteiger partial charge in [0.05, 0.1) is 11.1 Å². The van der Waals surface area contributed by atoms with Crippen molar-refractivity contribution in [2.75, 3.05) is 0 Å². The van der Waals surface area contributed by atoms with E-state index in [1.54, 1.807) is 12.3 Å². The van der Waals surface area contributed by atoms with Crippen LogP contribution in [-0.2, 0) is 10.1 Å². The van der Waals surface area contributed by atoms with Crippen molar-refractivity contribution < 1.29 is 27.0 Å². The molecule has 2 aromatic heterocycles. The van der Waals surface area contributed by atoms with E-state index < -0.39 is 44.0 Å². The van der Waals surface area contributed by atoms with Crippen molar-refractivity contribution in [1.29, 1.82) is 0 Å². The molecule has 34 heavy (non-hydrogen) atoms. The predicted octanol–water partition coefficient (Wildman–Crippen LogP) is 4.04. The number of benzene rings is 2. The average molecular weight is 482 g/mol. The molecule has 10 heteroatoms. The highest BCUT2D eigenvalue weighted by molar-refractivity contribution is 7.86. The third kappa shape index (κ3) is 4.09. The molecule has 0 fully saturated rings. The lowest BCUT2D eigenvalue weighted by atomic mass is 9.92. The standard InChI is InChI=1S/C24H20FN3O5S/c1-2-19(34(31,32)33)15-8-9-16(23(26)30)21(25)20(15)22(29)18-12-28-24-17(18)10-14(11-27-24)13-6-4-3-5-7-13/h3-12,19H,2H2,1H3,(H2,26,30)(H,27,28)(H,31,32,33). The molecular formula is C24H20FN3O5S. The molecule has 0 bridgehead atoms. The van der Waals surface area contributed by atoms with Crippen LogP contribution in [0.1, 0.15) is 50.4 Å². The zero-order chi connectivity index (χ0) is 24.6. The minimum absolute atomic E-state index is 0.0206. The van der Waals surface area contributed by atoms with Crippen LogP contribution in [0.5, 0.6) is 0 Å². The number of hydrogen-bond donors (Lipinski definition) is 3. The Labute approximate surface area is 194 Å². The van der Waals surface area contributed by atoms with Crippen molar-refractivity contribution in [2.45, 2.75) is 18.6 Å². The van der Waals surface area contributed by atoms with Crippen LogP contribution in [-0.4, -0.2) is 34.6 Å². The molecule has 2 aromatic carbocycles. The molecule has 0 saturated heterocycles. The first-order valence-corrected chi connectivity index (χ1v) is 11.8. The fraction of sp³-hybridized carbons (Fsp3) is 0.125. The molecule has 4 rings (SSSR count). The van der Waals surface area contributed by atoms with Gasteiger partial charge in [0.15, 0.2) is 5.78 Å². The number of halogens is 1. The first-order chi connectivity index (χ1) is 16.1. The molecule has 2 heterocycles. The van der Waals surface area contributed by atoms with Gasteiger partial charge in [-0.2, -0.15) is 8.42 Å². The maximum absolute atomic E-state index is 15.4. The van der Waals surface area contributed by atoms with Gasteiger partial charge in [-0.3, -0.25) is 14.1 Å². The van der Waals surface area contributed by atoms with Crippen LogP contribution < -0.4 is 5.73 Å². The van der Waals surface area contributed by atoms with E-state index in [1.807, 2.05) is 30.3 Å². The van der Waals surface area contributed by atoms with Crippen molar-refractivity contribution in [2.24, 2.45) is 5.73 Å². The van der Waals surface area contributed by atoms with Gasteiger partial charge in [0.2, 0.25) is 0 Å². The van der Waals surface area contributed by atoms with Crippen molar-refractivity contribution in [1.82, 2.24) is 9.97 Å². The van der Waals surface area contributed by atoms with Crippen LogP contribution in [0, 0.1) is 5.82 Å². The number of H-pyrrole nitrogens is 1. The lowest BCUT2D eigenvalue weighted by Crippen LogP contribution is -2.21. The number of aromatic amines is 1. The van der Waals surface area contributed by atoms with E-state index in [0.717, 1.165) is 17.7 Å². The summed E-state index contributed by atoms with van der Waals surface area (Å²) in [7, 11) is -4.68. The first kappa shape index (κ1) is 23.3. The molecule has 174 valence electrons. The van der Waals surface area contributed by atoms with E-state index in [4.69, 9.17) is 5.73 Å². The molecule has 0 aliphatic carbocycles. The van der Waals surface area contributed by atoms with Crippen molar-refractivity contribution in [3.05, 3.63) is 89.0 Å². The van der Waals surface area contributed by atoms with E-state index in [0.29, 0.717) is 16.6 Å². The Morgan fingerprint density at radius 1 is 1.12 bits per heavy atom. The average Bonchev–Trinajstić information content (AvgIpc) is 3.22. The van der Waals surface area contributed by atoms with E-state index in [-0.39, 0.29) is 17.5 Å². The second kappa shape index (κ2) is 8.81. The van der Waals surface area contributed by atoms with E-state index in [2.05, 4.69) is 9.97 Å². The van der Waals surface area contributed by atoms with Crippen molar-refractivity contribution >= 4 is 32.8 Å². The van der Waals surface area contributed by atoms with Gasteiger partial charge in [-0.25, -0.2) is 9.37 Å². The summed E-state index contributed by atoms with van der Waals surface area (Å²) in [6.45, 7) is 1.47. The highest BCUT2D eigenvalue weighted by Crippen LogP contribution is 2.34. The summed E-state index contributed by atoms with van der Waals surface area (Å²) in [4.78, 5) is 32.5. The Bertz CT molecular complexity index is 1530. The van der Waals surface area contributed by atoms with Crippen LogP contribution in [0.15, 0.2) is 60.9 Å². The molecule has 1 atom stereocenters. The summed E-state index contributed by atoms with van der Waals surface area (Å²) < 4.78 is 49.1. The Morgan fingerprint density at radius 3 is 2.44 bits per heavy atom. The third-order valence-corrected chi connectivity index (χ3v) is 6.93. The second-order valence-electron chi connectivity index (χ2n) is 7.69. The normalized spacial score (nSPS) is 12.6. The number of aromatic nitrogens is 2. The number of hydrogen-bond acceptors (Lipinski definition) is 5. The van der Waals surface area contributed by atoms with E-state index in [9.17, 15) is 22.6 Å². The summed E-state index contributed by atoms with van der Waals surface area (Å²) in [5.74, 6) is -3.25. The van der Waals surface area contributed by atoms with Gasteiger partial charge in [0, 0.05) is 28.9 Å². The minimum Gasteiger partial charge on any atom is -0.366 e. The van der Waals surface area contributed by atoms with E-state index >= 15 is 4.39 Å². The molecule has 1 unspecified atom stereocenters. The number of nitrogens with zero attached hydrogens (tertiary/aromatic N) is 1. The molecule has 0 radical (unpaired) electrons. The van der Waals surface area contributed by atoms with Crippen LogP contribution in [0.4, 0.5) is 4.39 Å². The number of nitrogens with one attached hydrogen (secondary N) is 1. The van der Waals surface area contributed by atoms with Crippen LogP contribution in [0.25, 0.3) is 22.2 Å². The second-order valence-corrected chi connectivity index (χ2v) is 9.28. The zero-order valence-electron chi connectivity index (χ0n) is 17.9. The maximum atomic E-state index is 15.4. The summed E-state index contributed by atoms with van der Waals surface area (Å²) in [5, 5.41) is -1.20. The molecule has 1 amide bonds. The fourth-order valence-corrected chi connectivity index (χ4v) is 4.92. The van der Waals surface area contributed by atoms with Crippen LogP contribution in [0.3, 0.4) is 0 Å². The number of rotatable bonds is 7. The smallest absolute Gasteiger partial charge is 0.272 e. The molecule has 0 aliphatic heterocycles. The van der Waals surface area contributed by atoms with Gasteiger partial charge in [-0.05, 0) is 29.7 Å². The molecule has 4 aromatic rings. The topological polar surface area (TPSA) is 143 Å². The molecule has 8 nitrogen and oxygen atoms in total. The molecule has 0 spiro atoms. The number of carbonyl (C=O) groups excluding carboxylic acids is 2. The number of carbonyl (C=O) groups is 2. The lowest BCUT2D eigenvalue weighted by molar-refractivity contribution is 0.0996. The SMILES string of the molecule is CCC(c1ccc(C(N)=O)c(F)c1C(=O)c1c[nH]c2ncc(-c3ccccc3)cc12)S(=O)(=O)O. The number of amides is 1. The highest BCUT2D eigenvalue weighted by atomic mass is 32.2. The number of pyridine rings is 1. The van der Waals surface area contributed by atoms with Crippen molar-refractivity contribution in [3.63, 3.8) is 0 Å². The number of primary amides is 1. The zero-order valence-corrected chi connectivity index (χ0v) is 18.8. The Kier molecular flexibility index (Phi) is 6.03. The Hall–Kier alpha value is -3.89. The minimum atomic E-state index is -4.68. The summed E-state index contributed by atoms with van der Waals surface area (Å²) in [6.07, 6.45) is 2.82. The quantitative estimate of drug-likeness (QED) is 0.269. The molecule has 0 saturated carbocycles. The van der Waals surface area contributed by atoms with Crippen LogP contribution >= 0.6 is 0 Å². The lowest BCUT2D eigenvalue weighted by Gasteiger charge is -2.17. The largest absolute Gasteiger partial charge is 0.366 e. The number of ketones is 1. The van der Waals surface area contributed by atoms with Gasteiger partial charge in [0.25, 0.3) is 16.0 Å². The molecule has 4 N–H and O–H groups in total. The molecular weight excluding hydrogens is 461 g/mol. The monoisotopic (exact) mass is 481 g/mol. The predicted molar refractivity (Wildman–Crippen MR) is 124 cm³/mol. The van der Waals surface area contributed by atoms with Gasteiger partial charge in [-0.15, -0.1) is 0 Å². The fourth-order valence-electron chi connectivity index (χ4n) is 3.99. The van der Waals surface area contributed by atoms with Crippen molar-refractivity contribution in [3.8, 4) is 11.1 Å². The first-order valence-electron chi connectivity index (χ1n) is 10.3. The van der Waals surface area contributed by atoms with E-state index in [1.165, 1.54) is 13.1 Å². The Balaban J connectivity index is 1.95. The Morgan fingerprint density at radius 2 is 1.82 bits per heavy atom. The van der Waals surface area contributed by atoms with Crippen LogP contribution in [0.2, 0.25) is 0 Å².